The number of carbonyl (C=O) groups is 1. The van der Waals surface area contributed by atoms with Crippen LogP contribution in [0.1, 0.15) is 42.7 Å². The van der Waals surface area contributed by atoms with Crippen LogP contribution in [0.4, 0.5) is 0 Å². The highest BCUT2D eigenvalue weighted by atomic mass is 16.5. The second-order valence-corrected chi connectivity index (χ2v) is 7.55. The summed E-state index contributed by atoms with van der Waals surface area (Å²) in [7, 11) is 1.53. The van der Waals surface area contributed by atoms with Gasteiger partial charge in [-0.05, 0) is 18.9 Å². The Labute approximate surface area is 162 Å². The SMILES string of the molecule is CC(C)c1cc(C(=O)N[C@H](C)CN2CCOCC2)c2c(=O)[nH]c(=O)n(C)c2n1. The van der Waals surface area contributed by atoms with Crippen LogP contribution in [0.25, 0.3) is 11.0 Å². The molecule has 28 heavy (non-hydrogen) atoms. The lowest BCUT2D eigenvalue weighted by atomic mass is 10.0. The third-order valence-corrected chi connectivity index (χ3v) is 4.94. The van der Waals surface area contributed by atoms with Crippen LogP contribution in [-0.2, 0) is 11.8 Å². The molecule has 9 heteroatoms. The van der Waals surface area contributed by atoms with Gasteiger partial charge in [0.1, 0.15) is 5.65 Å². The van der Waals surface area contributed by atoms with E-state index in [1.165, 1.54) is 11.6 Å². The van der Waals surface area contributed by atoms with Crippen molar-refractivity contribution >= 4 is 16.9 Å². The number of carbonyl (C=O) groups excluding carboxylic acids is 1. The molecule has 0 bridgehead atoms. The van der Waals surface area contributed by atoms with Crippen LogP contribution in [-0.4, -0.2) is 64.2 Å². The van der Waals surface area contributed by atoms with E-state index >= 15 is 0 Å². The molecule has 2 N–H and O–H groups in total. The average Bonchev–Trinajstić information content (AvgIpc) is 2.65. The maximum Gasteiger partial charge on any atom is 0.329 e. The third kappa shape index (κ3) is 4.15. The lowest BCUT2D eigenvalue weighted by molar-refractivity contribution is 0.0342. The Morgan fingerprint density at radius 1 is 1.29 bits per heavy atom. The maximum atomic E-state index is 13.0. The number of aromatic amines is 1. The molecule has 1 amide bonds. The predicted octanol–water partition coefficient (Wildman–Crippen LogP) is 0.196. The molecular weight excluding hydrogens is 362 g/mol. The van der Waals surface area contributed by atoms with Crippen molar-refractivity contribution in [2.75, 3.05) is 32.8 Å². The predicted molar refractivity (Wildman–Crippen MR) is 106 cm³/mol. The Bertz CT molecular complexity index is 988. The Morgan fingerprint density at radius 3 is 2.61 bits per heavy atom. The standard InChI is InChI=1S/C19H27N5O4/c1-11(2)14-9-13(15-16(21-14)23(4)19(27)22-18(15)26)17(25)20-12(3)10-24-5-7-28-8-6-24/h9,11-12H,5-8,10H2,1-4H3,(H,20,25)(H,22,26,27)/t12-/m1/s1. The number of aromatic nitrogens is 3. The lowest BCUT2D eigenvalue weighted by Crippen LogP contribution is -2.46. The molecule has 0 aromatic carbocycles. The van der Waals surface area contributed by atoms with Gasteiger partial charge in [0, 0.05) is 38.4 Å². The van der Waals surface area contributed by atoms with Crippen molar-refractivity contribution < 1.29 is 9.53 Å². The highest BCUT2D eigenvalue weighted by Gasteiger charge is 2.21. The summed E-state index contributed by atoms with van der Waals surface area (Å²) in [5.41, 5.74) is -0.0609. The lowest BCUT2D eigenvalue weighted by Gasteiger charge is -2.29. The summed E-state index contributed by atoms with van der Waals surface area (Å²) < 4.78 is 6.61. The fourth-order valence-corrected chi connectivity index (χ4v) is 3.35. The highest BCUT2D eigenvalue weighted by molar-refractivity contribution is 6.05. The molecule has 3 heterocycles. The zero-order chi connectivity index (χ0) is 20.4. The van der Waals surface area contributed by atoms with Crippen molar-refractivity contribution in [1.82, 2.24) is 24.8 Å². The van der Waals surface area contributed by atoms with Gasteiger partial charge in [0.2, 0.25) is 0 Å². The van der Waals surface area contributed by atoms with Gasteiger partial charge in [0.25, 0.3) is 11.5 Å². The topological polar surface area (TPSA) is 109 Å². The van der Waals surface area contributed by atoms with Crippen molar-refractivity contribution in [2.45, 2.75) is 32.7 Å². The van der Waals surface area contributed by atoms with E-state index in [9.17, 15) is 14.4 Å². The fraction of sp³-hybridized carbons (Fsp3) is 0.579. The molecule has 0 unspecified atom stereocenters. The first-order valence-corrected chi connectivity index (χ1v) is 9.53. The van der Waals surface area contributed by atoms with Gasteiger partial charge in [-0.2, -0.15) is 0 Å². The number of nitrogens with one attached hydrogen (secondary N) is 2. The van der Waals surface area contributed by atoms with Crippen molar-refractivity contribution in [3.05, 3.63) is 38.2 Å². The van der Waals surface area contributed by atoms with Gasteiger partial charge in [0.15, 0.2) is 0 Å². The van der Waals surface area contributed by atoms with E-state index in [2.05, 4.69) is 20.2 Å². The normalized spacial score (nSPS) is 16.5. The molecule has 9 nitrogen and oxygen atoms in total. The first kappa shape index (κ1) is 20.2. The van der Waals surface area contributed by atoms with Crippen molar-refractivity contribution in [2.24, 2.45) is 7.05 Å². The van der Waals surface area contributed by atoms with Gasteiger partial charge in [-0.1, -0.05) is 13.8 Å². The number of fused-ring (bicyclic) bond motifs is 1. The number of ether oxygens (including phenoxy) is 1. The van der Waals surface area contributed by atoms with Crippen molar-refractivity contribution in [3.63, 3.8) is 0 Å². The number of H-pyrrole nitrogens is 1. The monoisotopic (exact) mass is 389 g/mol. The fourth-order valence-electron chi connectivity index (χ4n) is 3.35. The van der Waals surface area contributed by atoms with Crippen LogP contribution in [0.2, 0.25) is 0 Å². The summed E-state index contributed by atoms with van der Waals surface area (Å²) >= 11 is 0. The third-order valence-electron chi connectivity index (χ3n) is 4.94. The summed E-state index contributed by atoms with van der Waals surface area (Å²) in [6, 6.07) is 1.53. The first-order chi connectivity index (χ1) is 13.3. The molecule has 152 valence electrons. The van der Waals surface area contributed by atoms with Crippen molar-refractivity contribution in [1.29, 1.82) is 0 Å². The Balaban J connectivity index is 1.96. The van der Waals surface area contributed by atoms with E-state index in [0.29, 0.717) is 25.5 Å². The smallest absolute Gasteiger partial charge is 0.329 e. The summed E-state index contributed by atoms with van der Waals surface area (Å²) in [4.78, 5) is 46.4. The number of hydrogen-bond donors (Lipinski definition) is 2. The summed E-state index contributed by atoms with van der Waals surface area (Å²) in [5.74, 6) is -0.310. The Morgan fingerprint density at radius 2 is 1.96 bits per heavy atom. The molecule has 1 aliphatic rings. The van der Waals surface area contributed by atoms with Gasteiger partial charge < -0.3 is 10.1 Å². The molecule has 1 fully saturated rings. The second kappa shape index (κ2) is 8.24. The number of morpholine rings is 1. The number of hydrogen-bond acceptors (Lipinski definition) is 6. The molecule has 2 aromatic rings. The molecule has 0 saturated carbocycles. The number of nitrogens with zero attached hydrogens (tertiary/aromatic N) is 3. The van der Waals surface area contributed by atoms with Crippen LogP contribution >= 0.6 is 0 Å². The zero-order valence-electron chi connectivity index (χ0n) is 16.7. The van der Waals surface area contributed by atoms with Crippen LogP contribution in [0.3, 0.4) is 0 Å². The molecule has 1 aliphatic heterocycles. The van der Waals surface area contributed by atoms with Crippen LogP contribution < -0.4 is 16.6 Å². The Hall–Kier alpha value is -2.52. The van der Waals surface area contributed by atoms with E-state index in [4.69, 9.17) is 4.74 Å². The van der Waals surface area contributed by atoms with Gasteiger partial charge in [-0.15, -0.1) is 0 Å². The maximum absolute atomic E-state index is 13.0. The summed E-state index contributed by atoms with van der Waals surface area (Å²) in [5, 5.41) is 3.10. The van der Waals surface area contributed by atoms with Crippen LogP contribution in [0.5, 0.6) is 0 Å². The van der Waals surface area contributed by atoms with E-state index in [1.54, 1.807) is 6.07 Å². The van der Waals surface area contributed by atoms with E-state index in [-0.39, 0.29) is 34.5 Å². The van der Waals surface area contributed by atoms with Gasteiger partial charge in [-0.25, -0.2) is 9.78 Å². The molecule has 1 atom stereocenters. The zero-order valence-corrected chi connectivity index (χ0v) is 16.7. The quantitative estimate of drug-likeness (QED) is 0.756. The molecule has 3 rings (SSSR count). The van der Waals surface area contributed by atoms with E-state index in [1.807, 2.05) is 20.8 Å². The molecule has 1 saturated heterocycles. The number of aryl methyl sites for hydroxylation is 1. The first-order valence-electron chi connectivity index (χ1n) is 9.53. The minimum atomic E-state index is -0.605. The van der Waals surface area contributed by atoms with E-state index < -0.39 is 11.2 Å². The summed E-state index contributed by atoms with van der Waals surface area (Å²) in [6.07, 6.45) is 0. The largest absolute Gasteiger partial charge is 0.379 e. The van der Waals surface area contributed by atoms with Gasteiger partial charge in [-0.3, -0.25) is 24.0 Å². The van der Waals surface area contributed by atoms with Gasteiger partial charge in [0.05, 0.1) is 24.2 Å². The molecule has 0 radical (unpaired) electrons. The van der Waals surface area contributed by atoms with Crippen LogP contribution in [0.15, 0.2) is 15.7 Å². The minimum absolute atomic E-state index is 0.0381. The average molecular weight is 389 g/mol. The highest BCUT2D eigenvalue weighted by Crippen LogP contribution is 2.19. The second-order valence-electron chi connectivity index (χ2n) is 7.55. The number of amides is 1. The van der Waals surface area contributed by atoms with Crippen molar-refractivity contribution in [3.8, 4) is 0 Å². The van der Waals surface area contributed by atoms with Crippen LogP contribution in [0, 0.1) is 0 Å². The number of rotatable bonds is 5. The molecule has 0 spiro atoms. The minimum Gasteiger partial charge on any atom is -0.379 e. The molecule has 2 aromatic heterocycles. The molecular formula is C19H27N5O4. The number of pyridine rings is 1. The van der Waals surface area contributed by atoms with Gasteiger partial charge >= 0.3 is 5.69 Å². The molecule has 0 aliphatic carbocycles. The van der Waals surface area contributed by atoms with E-state index in [0.717, 1.165) is 13.1 Å². The summed E-state index contributed by atoms with van der Waals surface area (Å²) in [6.45, 7) is 9.57. The Kier molecular flexibility index (Phi) is 5.95.